The van der Waals surface area contributed by atoms with Gasteiger partial charge in [0.25, 0.3) is 0 Å². The lowest BCUT2D eigenvalue weighted by molar-refractivity contribution is -0.119. The smallest absolute Gasteiger partial charge is 0.227 e. The zero-order valence-corrected chi connectivity index (χ0v) is 20.2. The highest BCUT2D eigenvalue weighted by Gasteiger charge is 2.24. The van der Waals surface area contributed by atoms with Gasteiger partial charge in [-0.05, 0) is 17.5 Å². The molecule has 3 aromatic heterocycles. The van der Waals surface area contributed by atoms with E-state index < -0.39 is 0 Å². The number of ether oxygens (including phenoxy) is 1. The van der Waals surface area contributed by atoms with Crippen molar-refractivity contribution in [1.29, 1.82) is 0 Å². The minimum Gasteiger partial charge on any atom is -0.378 e. The number of hydrogen-bond donors (Lipinski definition) is 1. The third kappa shape index (κ3) is 4.30. The number of carbonyl (C=O) groups is 1. The number of thiophene rings is 1. The van der Waals surface area contributed by atoms with E-state index in [9.17, 15) is 4.79 Å². The summed E-state index contributed by atoms with van der Waals surface area (Å²) in [6.07, 6.45) is 2.29. The fourth-order valence-electron chi connectivity index (χ4n) is 4.04. The number of anilines is 2. The summed E-state index contributed by atoms with van der Waals surface area (Å²) in [5.41, 5.74) is 2.65. The number of nitrogens with one attached hydrogen (secondary N) is 1. The van der Waals surface area contributed by atoms with E-state index in [0.29, 0.717) is 25.5 Å². The van der Waals surface area contributed by atoms with Crippen molar-refractivity contribution in [3.8, 4) is 11.4 Å². The number of aromatic amines is 1. The topological polar surface area (TPSA) is 87.2 Å². The van der Waals surface area contributed by atoms with Gasteiger partial charge in [-0.2, -0.15) is 5.10 Å². The van der Waals surface area contributed by atoms with Gasteiger partial charge in [-0.25, -0.2) is 9.97 Å². The molecule has 1 saturated heterocycles. The number of carbonyl (C=O) groups excluding carboxylic acids is 1. The van der Waals surface area contributed by atoms with Crippen LogP contribution in [0.25, 0.3) is 32.5 Å². The molecule has 1 N–H and O–H groups in total. The van der Waals surface area contributed by atoms with Gasteiger partial charge >= 0.3 is 0 Å². The van der Waals surface area contributed by atoms with E-state index in [4.69, 9.17) is 14.7 Å². The monoisotopic (exact) mass is 464 g/mol. The van der Waals surface area contributed by atoms with Crippen LogP contribution in [0, 0.1) is 5.41 Å². The molecule has 1 amide bonds. The largest absolute Gasteiger partial charge is 0.378 e. The molecule has 8 nitrogen and oxygen atoms in total. The molecular weight excluding hydrogens is 436 g/mol. The molecule has 9 heteroatoms. The molecule has 0 atom stereocenters. The molecule has 0 bridgehead atoms. The van der Waals surface area contributed by atoms with E-state index in [-0.39, 0.29) is 11.3 Å². The molecular formula is C24H28N6O2S. The number of amides is 1. The van der Waals surface area contributed by atoms with Crippen molar-refractivity contribution in [3.63, 3.8) is 0 Å². The second kappa shape index (κ2) is 8.39. The van der Waals surface area contributed by atoms with Gasteiger partial charge in [0.2, 0.25) is 5.91 Å². The number of fused-ring (bicyclic) bond motifs is 2. The van der Waals surface area contributed by atoms with Crippen molar-refractivity contribution >= 4 is 49.2 Å². The number of hydrogen-bond acceptors (Lipinski definition) is 7. The van der Waals surface area contributed by atoms with Crippen molar-refractivity contribution in [1.82, 2.24) is 20.2 Å². The van der Waals surface area contributed by atoms with Crippen LogP contribution in [0.1, 0.15) is 27.2 Å². The average molecular weight is 465 g/mol. The maximum absolute atomic E-state index is 12.9. The van der Waals surface area contributed by atoms with Crippen molar-refractivity contribution in [2.24, 2.45) is 5.41 Å². The van der Waals surface area contributed by atoms with Crippen LogP contribution >= 0.6 is 11.3 Å². The van der Waals surface area contributed by atoms with Gasteiger partial charge < -0.3 is 14.5 Å². The summed E-state index contributed by atoms with van der Waals surface area (Å²) in [5, 5.41) is 9.07. The van der Waals surface area contributed by atoms with E-state index in [1.54, 1.807) is 16.2 Å². The summed E-state index contributed by atoms with van der Waals surface area (Å²) in [6.45, 7) is 9.11. The first kappa shape index (κ1) is 21.8. The van der Waals surface area contributed by atoms with Gasteiger partial charge in [-0.3, -0.25) is 9.89 Å². The van der Waals surface area contributed by atoms with Crippen LogP contribution in [-0.4, -0.2) is 59.4 Å². The first-order valence-electron chi connectivity index (χ1n) is 11.1. The maximum atomic E-state index is 12.9. The minimum absolute atomic E-state index is 0.0722. The summed E-state index contributed by atoms with van der Waals surface area (Å²) in [5.74, 6) is 1.65. The molecule has 1 aliphatic heterocycles. The minimum atomic E-state index is -0.0722. The first-order chi connectivity index (χ1) is 15.8. The van der Waals surface area contributed by atoms with Crippen LogP contribution in [0.15, 0.2) is 30.5 Å². The molecule has 0 saturated carbocycles. The predicted molar refractivity (Wildman–Crippen MR) is 133 cm³/mol. The highest BCUT2D eigenvalue weighted by molar-refractivity contribution is 7.23. The Labute approximate surface area is 196 Å². The molecule has 1 fully saturated rings. The zero-order valence-electron chi connectivity index (χ0n) is 19.4. The molecule has 0 unspecified atom stereocenters. The molecule has 33 heavy (non-hydrogen) atoms. The Kier molecular flexibility index (Phi) is 5.54. The second-order valence-corrected chi connectivity index (χ2v) is 10.6. The summed E-state index contributed by atoms with van der Waals surface area (Å²) in [6, 6.07) is 8.00. The fraction of sp³-hybridized carbons (Fsp3) is 0.417. The van der Waals surface area contributed by atoms with Crippen LogP contribution < -0.4 is 9.80 Å². The Bertz CT molecular complexity index is 1320. The number of H-pyrrole nitrogens is 1. The Morgan fingerprint density at radius 1 is 1.24 bits per heavy atom. The standard InChI is InChI=1S/C24H28N6O2S/c1-24(2,3)13-19(31)29(4)20-12-18-21(33-20)23(30-8-10-32-11-9-30)27-22(26-18)15-6-5-7-17-16(15)14-25-28-17/h5-7,12,14H,8-11,13H2,1-4H3,(H,25,28). The fourth-order valence-corrected chi connectivity index (χ4v) is 5.13. The van der Waals surface area contributed by atoms with Crippen LogP contribution in [0.4, 0.5) is 10.8 Å². The van der Waals surface area contributed by atoms with Gasteiger partial charge in [0.05, 0.1) is 35.1 Å². The lowest BCUT2D eigenvalue weighted by Gasteiger charge is -2.28. The quantitative estimate of drug-likeness (QED) is 0.479. The summed E-state index contributed by atoms with van der Waals surface area (Å²) in [7, 11) is 1.84. The number of aromatic nitrogens is 4. The molecule has 0 radical (unpaired) electrons. The number of morpholine rings is 1. The molecule has 4 heterocycles. The maximum Gasteiger partial charge on any atom is 0.227 e. The molecule has 5 rings (SSSR count). The molecule has 4 aromatic rings. The van der Waals surface area contributed by atoms with Crippen molar-refractivity contribution < 1.29 is 9.53 Å². The molecule has 1 aromatic carbocycles. The van der Waals surface area contributed by atoms with Crippen molar-refractivity contribution in [2.75, 3.05) is 43.2 Å². The van der Waals surface area contributed by atoms with Gasteiger partial charge in [-0.1, -0.05) is 32.9 Å². The van der Waals surface area contributed by atoms with Crippen molar-refractivity contribution in [3.05, 3.63) is 30.5 Å². The Morgan fingerprint density at radius 2 is 2.03 bits per heavy atom. The van der Waals surface area contributed by atoms with E-state index in [1.165, 1.54) is 0 Å². The Balaban J connectivity index is 1.63. The third-order valence-electron chi connectivity index (χ3n) is 5.76. The first-order valence-corrected chi connectivity index (χ1v) is 12.0. The lowest BCUT2D eigenvalue weighted by atomic mass is 9.92. The number of benzene rings is 1. The van der Waals surface area contributed by atoms with E-state index in [1.807, 2.05) is 37.5 Å². The normalized spacial score (nSPS) is 14.8. The summed E-state index contributed by atoms with van der Waals surface area (Å²) >= 11 is 1.57. The van der Waals surface area contributed by atoms with Crippen molar-refractivity contribution in [2.45, 2.75) is 27.2 Å². The second-order valence-electron chi connectivity index (χ2n) is 9.60. The van der Waals surface area contributed by atoms with Crippen LogP contribution in [0.2, 0.25) is 0 Å². The molecule has 0 aliphatic carbocycles. The van der Waals surface area contributed by atoms with Gasteiger partial charge in [0.1, 0.15) is 5.00 Å². The highest BCUT2D eigenvalue weighted by Crippen LogP contribution is 2.39. The van der Waals surface area contributed by atoms with Crippen LogP contribution in [0.3, 0.4) is 0 Å². The Morgan fingerprint density at radius 3 is 2.79 bits per heavy atom. The molecule has 172 valence electrons. The van der Waals surface area contributed by atoms with E-state index in [2.05, 4.69) is 35.9 Å². The highest BCUT2D eigenvalue weighted by atomic mass is 32.1. The third-order valence-corrected chi connectivity index (χ3v) is 6.96. The van der Waals surface area contributed by atoms with Gasteiger partial charge in [0, 0.05) is 37.5 Å². The Hall–Kier alpha value is -3.04. The van der Waals surface area contributed by atoms with Gasteiger partial charge in [-0.15, -0.1) is 11.3 Å². The van der Waals surface area contributed by atoms with E-state index >= 15 is 0 Å². The van der Waals surface area contributed by atoms with E-state index in [0.717, 1.165) is 50.6 Å². The zero-order chi connectivity index (χ0) is 23.2. The van der Waals surface area contributed by atoms with Crippen LogP contribution in [0.5, 0.6) is 0 Å². The predicted octanol–water partition coefficient (Wildman–Crippen LogP) is 4.47. The average Bonchev–Trinajstić information content (AvgIpc) is 3.44. The summed E-state index contributed by atoms with van der Waals surface area (Å²) in [4.78, 5) is 26.8. The molecule has 1 aliphatic rings. The SMILES string of the molecule is CN(C(=O)CC(C)(C)C)c1cc2nc(-c3cccc4[nH]ncc34)nc(N3CCOCC3)c2s1. The van der Waals surface area contributed by atoms with Gasteiger partial charge in [0.15, 0.2) is 11.6 Å². The number of rotatable bonds is 4. The summed E-state index contributed by atoms with van der Waals surface area (Å²) < 4.78 is 6.56. The van der Waals surface area contributed by atoms with Crippen LogP contribution in [-0.2, 0) is 9.53 Å². The lowest BCUT2D eigenvalue weighted by Crippen LogP contribution is -2.36. The molecule has 0 spiro atoms. The number of nitrogens with zero attached hydrogens (tertiary/aromatic N) is 5.